The summed E-state index contributed by atoms with van der Waals surface area (Å²) in [6, 6.07) is 7.35. The molecule has 0 saturated carbocycles. The van der Waals surface area contributed by atoms with Crippen LogP contribution in [0.2, 0.25) is 0 Å². The summed E-state index contributed by atoms with van der Waals surface area (Å²) in [6.07, 6.45) is 0.942. The molecule has 0 radical (unpaired) electrons. The Hall–Kier alpha value is -2.04. The molecule has 1 aromatic rings. The van der Waals surface area contributed by atoms with Crippen LogP contribution in [0.4, 0.5) is 10.5 Å². The number of nitrogens with zero attached hydrogens (tertiary/aromatic N) is 2. The smallest absolute Gasteiger partial charge is 0.324 e. The van der Waals surface area contributed by atoms with E-state index >= 15 is 0 Å². The van der Waals surface area contributed by atoms with Crippen molar-refractivity contribution in [1.82, 2.24) is 4.90 Å². The molecule has 0 aliphatic heterocycles. The van der Waals surface area contributed by atoms with Crippen molar-refractivity contribution < 1.29 is 14.7 Å². The maximum Gasteiger partial charge on any atom is 0.324 e. The van der Waals surface area contributed by atoms with Crippen molar-refractivity contribution in [2.24, 2.45) is 0 Å². The molecule has 5 heteroatoms. The maximum absolute atomic E-state index is 12.2. The summed E-state index contributed by atoms with van der Waals surface area (Å²) in [5, 5.41) is 8.77. The number of anilines is 1. The lowest BCUT2D eigenvalue weighted by molar-refractivity contribution is -0.137. The third-order valence-electron chi connectivity index (χ3n) is 3.00. The van der Waals surface area contributed by atoms with Gasteiger partial charge in [0.1, 0.15) is 6.54 Å². The first-order valence-electron chi connectivity index (χ1n) is 6.33. The average Bonchev–Trinajstić information content (AvgIpc) is 2.43. The number of hydrogen-bond acceptors (Lipinski definition) is 2. The Labute approximate surface area is 113 Å². The van der Waals surface area contributed by atoms with Gasteiger partial charge in [-0.15, -0.1) is 0 Å². The van der Waals surface area contributed by atoms with Crippen LogP contribution in [0, 0.1) is 0 Å². The second-order valence-corrected chi connectivity index (χ2v) is 4.27. The average molecular weight is 264 g/mol. The number of carbonyl (C=O) groups excluding carboxylic acids is 1. The highest BCUT2D eigenvalue weighted by Crippen LogP contribution is 2.15. The number of rotatable bonds is 5. The molecule has 0 spiro atoms. The zero-order valence-corrected chi connectivity index (χ0v) is 11.6. The molecular weight excluding hydrogens is 244 g/mol. The highest BCUT2D eigenvalue weighted by atomic mass is 16.4. The molecule has 0 atom stereocenters. The molecule has 0 aliphatic rings. The van der Waals surface area contributed by atoms with E-state index in [1.165, 1.54) is 15.4 Å². The van der Waals surface area contributed by atoms with Crippen molar-refractivity contribution in [3.63, 3.8) is 0 Å². The second kappa shape index (κ2) is 6.78. The summed E-state index contributed by atoms with van der Waals surface area (Å²) in [5.74, 6) is -1.01. The lowest BCUT2D eigenvalue weighted by atomic mass is 10.1. The van der Waals surface area contributed by atoms with Gasteiger partial charge in [-0.25, -0.2) is 4.79 Å². The molecule has 0 aromatic heterocycles. The normalized spacial score (nSPS) is 10.1. The zero-order chi connectivity index (χ0) is 14.4. The predicted octanol–water partition coefficient (Wildman–Crippen LogP) is 2.21. The van der Waals surface area contributed by atoms with E-state index in [0.717, 1.165) is 12.1 Å². The van der Waals surface area contributed by atoms with Gasteiger partial charge in [-0.3, -0.25) is 9.69 Å². The van der Waals surface area contributed by atoms with Crippen LogP contribution < -0.4 is 4.90 Å². The number of carboxylic acid groups (broad SMARTS) is 1. The predicted molar refractivity (Wildman–Crippen MR) is 74.5 cm³/mol. The zero-order valence-electron chi connectivity index (χ0n) is 11.6. The number of benzene rings is 1. The number of aryl methyl sites for hydroxylation is 1. The van der Waals surface area contributed by atoms with E-state index in [1.54, 1.807) is 14.0 Å². The molecule has 1 aromatic carbocycles. The van der Waals surface area contributed by atoms with Crippen molar-refractivity contribution >= 4 is 17.7 Å². The molecule has 0 fully saturated rings. The summed E-state index contributed by atoms with van der Waals surface area (Å²) in [6.45, 7) is 3.90. The standard InChI is InChI=1S/C14H20N2O3/c1-4-11-6-8-12(9-7-11)15(3)14(19)16(5-2)10-13(17)18/h6-9H,4-5,10H2,1-3H3,(H,17,18). The molecule has 104 valence electrons. The minimum absolute atomic E-state index is 0.285. The fourth-order valence-corrected chi connectivity index (χ4v) is 1.76. The van der Waals surface area contributed by atoms with Gasteiger partial charge in [0, 0.05) is 19.3 Å². The Morgan fingerprint density at radius 1 is 1.16 bits per heavy atom. The summed E-state index contributed by atoms with van der Waals surface area (Å²) in [5.41, 5.74) is 1.95. The lowest BCUT2D eigenvalue weighted by Crippen LogP contribution is -2.43. The van der Waals surface area contributed by atoms with E-state index in [-0.39, 0.29) is 12.6 Å². The van der Waals surface area contributed by atoms with Crippen LogP contribution in [0.5, 0.6) is 0 Å². The molecule has 5 nitrogen and oxygen atoms in total. The number of carbonyl (C=O) groups is 2. The van der Waals surface area contributed by atoms with Gasteiger partial charge in [0.2, 0.25) is 0 Å². The number of aliphatic carboxylic acids is 1. The van der Waals surface area contributed by atoms with E-state index in [4.69, 9.17) is 5.11 Å². The van der Waals surface area contributed by atoms with Crippen molar-refractivity contribution in [1.29, 1.82) is 0 Å². The molecule has 1 N–H and O–H groups in total. The van der Waals surface area contributed by atoms with Gasteiger partial charge in [-0.05, 0) is 31.0 Å². The first-order valence-corrected chi connectivity index (χ1v) is 6.33. The van der Waals surface area contributed by atoms with Crippen LogP contribution in [0.3, 0.4) is 0 Å². The van der Waals surface area contributed by atoms with Gasteiger partial charge in [-0.1, -0.05) is 19.1 Å². The number of urea groups is 1. The molecule has 0 saturated heterocycles. The number of carboxylic acids is 1. The van der Waals surface area contributed by atoms with Crippen molar-refractivity contribution in [3.8, 4) is 0 Å². The fourth-order valence-electron chi connectivity index (χ4n) is 1.76. The van der Waals surface area contributed by atoms with Crippen LogP contribution >= 0.6 is 0 Å². The Morgan fingerprint density at radius 2 is 1.74 bits per heavy atom. The van der Waals surface area contributed by atoms with Crippen LogP contribution in [-0.4, -0.2) is 42.1 Å². The van der Waals surface area contributed by atoms with E-state index < -0.39 is 5.97 Å². The Morgan fingerprint density at radius 3 is 2.16 bits per heavy atom. The monoisotopic (exact) mass is 264 g/mol. The number of hydrogen-bond donors (Lipinski definition) is 1. The molecule has 0 bridgehead atoms. The highest BCUT2D eigenvalue weighted by molar-refractivity contribution is 5.93. The van der Waals surface area contributed by atoms with E-state index in [0.29, 0.717) is 6.54 Å². The summed E-state index contributed by atoms with van der Waals surface area (Å²) >= 11 is 0. The fraction of sp³-hybridized carbons (Fsp3) is 0.429. The van der Waals surface area contributed by atoms with Gasteiger partial charge in [0.15, 0.2) is 0 Å². The van der Waals surface area contributed by atoms with Crippen molar-refractivity contribution in [2.45, 2.75) is 20.3 Å². The minimum atomic E-state index is -1.01. The van der Waals surface area contributed by atoms with Crippen molar-refractivity contribution in [3.05, 3.63) is 29.8 Å². The van der Waals surface area contributed by atoms with Crippen LogP contribution in [0.25, 0.3) is 0 Å². The van der Waals surface area contributed by atoms with E-state index in [9.17, 15) is 9.59 Å². The largest absolute Gasteiger partial charge is 0.480 e. The molecule has 0 aliphatic carbocycles. The van der Waals surface area contributed by atoms with Gasteiger partial charge in [-0.2, -0.15) is 0 Å². The Kier molecular flexibility index (Phi) is 5.36. The molecule has 0 heterocycles. The van der Waals surface area contributed by atoms with Crippen LogP contribution in [0.15, 0.2) is 24.3 Å². The van der Waals surface area contributed by atoms with Gasteiger partial charge in [0.25, 0.3) is 0 Å². The third kappa shape index (κ3) is 3.98. The number of amides is 2. The minimum Gasteiger partial charge on any atom is -0.480 e. The molecule has 2 amide bonds. The first-order chi connectivity index (χ1) is 8.99. The van der Waals surface area contributed by atoms with Crippen LogP contribution in [0.1, 0.15) is 19.4 Å². The molecule has 1 rings (SSSR count). The topological polar surface area (TPSA) is 60.9 Å². The lowest BCUT2D eigenvalue weighted by Gasteiger charge is -2.26. The van der Waals surface area contributed by atoms with E-state index in [2.05, 4.69) is 6.92 Å². The summed E-state index contributed by atoms with van der Waals surface area (Å²) < 4.78 is 0. The number of likely N-dealkylation sites (N-methyl/N-ethyl adjacent to an activating group) is 1. The van der Waals surface area contributed by atoms with Crippen molar-refractivity contribution in [2.75, 3.05) is 25.0 Å². The quantitative estimate of drug-likeness (QED) is 0.887. The Balaban J connectivity index is 2.81. The van der Waals surface area contributed by atoms with Gasteiger partial charge < -0.3 is 10.0 Å². The first kappa shape index (κ1) is 15.0. The second-order valence-electron chi connectivity index (χ2n) is 4.27. The summed E-state index contributed by atoms with van der Waals surface area (Å²) in [4.78, 5) is 25.6. The van der Waals surface area contributed by atoms with Crippen LogP contribution in [-0.2, 0) is 11.2 Å². The van der Waals surface area contributed by atoms with Gasteiger partial charge >= 0.3 is 12.0 Å². The third-order valence-corrected chi connectivity index (χ3v) is 3.00. The Bertz CT molecular complexity index is 443. The molecule has 19 heavy (non-hydrogen) atoms. The van der Waals surface area contributed by atoms with Gasteiger partial charge in [0.05, 0.1) is 0 Å². The molecular formula is C14H20N2O3. The molecule has 0 unspecified atom stereocenters. The maximum atomic E-state index is 12.2. The van der Waals surface area contributed by atoms with E-state index in [1.807, 2.05) is 24.3 Å². The highest BCUT2D eigenvalue weighted by Gasteiger charge is 2.19. The summed E-state index contributed by atoms with van der Waals surface area (Å²) in [7, 11) is 1.65. The SMILES string of the molecule is CCc1ccc(N(C)C(=O)N(CC)CC(=O)O)cc1.